The molecule has 4 aromatic rings. The summed E-state index contributed by atoms with van der Waals surface area (Å²) in [5.41, 5.74) is 12.8. The summed E-state index contributed by atoms with van der Waals surface area (Å²) in [6.45, 7) is 1.38. The lowest BCUT2D eigenvalue weighted by Crippen LogP contribution is -2.00. The molecule has 186 valence electrons. The predicted molar refractivity (Wildman–Crippen MR) is 144 cm³/mol. The third-order valence-electron chi connectivity index (χ3n) is 5.46. The van der Waals surface area contributed by atoms with Crippen molar-refractivity contribution in [3.63, 3.8) is 0 Å². The predicted octanol–water partition coefficient (Wildman–Crippen LogP) is 7.45. The van der Waals surface area contributed by atoms with Crippen molar-refractivity contribution in [2.45, 2.75) is 25.7 Å². The molecule has 6 nitrogen and oxygen atoms in total. The van der Waals surface area contributed by atoms with Gasteiger partial charge in [0.15, 0.2) is 0 Å². The van der Waals surface area contributed by atoms with Gasteiger partial charge >= 0.3 is 0 Å². The van der Waals surface area contributed by atoms with Crippen molar-refractivity contribution in [2.24, 2.45) is 0 Å². The molecule has 0 aromatic heterocycles. The third kappa shape index (κ3) is 8.17. The van der Waals surface area contributed by atoms with Crippen LogP contribution in [-0.2, 0) is 0 Å². The Kier molecular flexibility index (Phi) is 8.92. The highest BCUT2D eigenvalue weighted by Gasteiger charge is 2.01. The van der Waals surface area contributed by atoms with Gasteiger partial charge in [0.2, 0.25) is 0 Å². The van der Waals surface area contributed by atoms with Crippen LogP contribution in [0.2, 0.25) is 0 Å². The summed E-state index contributed by atoms with van der Waals surface area (Å²) in [4.78, 5) is 0. The first-order valence-electron chi connectivity index (χ1n) is 12.2. The highest BCUT2D eigenvalue weighted by atomic mass is 16.5. The zero-order valence-electron chi connectivity index (χ0n) is 20.3. The molecular formula is C30H32N2O4. The fraction of sp³-hybridized carbons (Fsp3) is 0.200. The van der Waals surface area contributed by atoms with Gasteiger partial charge in [-0.05, 0) is 123 Å². The summed E-state index contributed by atoms with van der Waals surface area (Å²) in [5.74, 6) is 4.70. The fourth-order valence-electron chi connectivity index (χ4n) is 3.49. The molecule has 0 spiro atoms. The van der Waals surface area contributed by atoms with Gasteiger partial charge in [0.25, 0.3) is 0 Å². The van der Waals surface area contributed by atoms with Crippen molar-refractivity contribution in [3.05, 3.63) is 97.1 Å². The average molecular weight is 485 g/mol. The molecule has 0 unspecified atom stereocenters. The molecule has 0 heterocycles. The molecule has 4 rings (SSSR count). The summed E-state index contributed by atoms with van der Waals surface area (Å²) in [5, 5.41) is 0. The van der Waals surface area contributed by atoms with Crippen LogP contribution in [0.15, 0.2) is 97.1 Å². The lowest BCUT2D eigenvalue weighted by Gasteiger charge is -2.10. The highest BCUT2D eigenvalue weighted by Crippen LogP contribution is 2.26. The van der Waals surface area contributed by atoms with E-state index in [0.717, 1.165) is 60.2 Å². The zero-order valence-corrected chi connectivity index (χ0v) is 20.3. The van der Waals surface area contributed by atoms with Gasteiger partial charge in [0.1, 0.15) is 34.5 Å². The molecule has 6 heteroatoms. The monoisotopic (exact) mass is 484 g/mol. The second-order valence-corrected chi connectivity index (χ2v) is 8.40. The van der Waals surface area contributed by atoms with Gasteiger partial charge < -0.3 is 30.4 Å². The number of anilines is 2. The van der Waals surface area contributed by atoms with Gasteiger partial charge in [-0.15, -0.1) is 0 Å². The molecule has 0 radical (unpaired) electrons. The topological polar surface area (TPSA) is 89.0 Å². The molecule has 0 aliphatic rings. The second-order valence-electron chi connectivity index (χ2n) is 8.40. The van der Waals surface area contributed by atoms with E-state index in [2.05, 4.69) is 0 Å². The molecule has 0 saturated heterocycles. The fourth-order valence-corrected chi connectivity index (χ4v) is 3.49. The zero-order chi connectivity index (χ0) is 25.0. The Balaban J connectivity index is 1.05. The van der Waals surface area contributed by atoms with Gasteiger partial charge in [0, 0.05) is 11.4 Å². The van der Waals surface area contributed by atoms with Crippen molar-refractivity contribution in [1.82, 2.24) is 0 Å². The maximum absolute atomic E-state index is 5.84. The molecule has 0 fully saturated rings. The summed E-state index contributed by atoms with van der Waals surface area (Å²) < 4.78 is 23.3. The Morgan fingerprint density at radius 1 is 0.361 bits per heavy atom. The Bertz CT molecular complexity index is 1080. The smallest absolute Gasteiger partial charge is 0.127 e. The van der Waals surface area contributed by atoms with Gasteiger partial charge in [-0.3, -0.25) is 0 Å². The Morgan fingerprint density at radius 3 is 0.972 bits per heavy atom. The molecule has 36 heavy (non-hydrogen) atoms. The first-order valence-corrected chi connectivity index (χ1v) is 12.2. The highest BCUT2D eigenvalue weighted by molar-refractivity contribution is 5.44. The largest absolute Gasteiger partial charge is 0.494 e. The first kappa shape index (κ1) is 24.8. The van der Waals surface area contributed by atoms with Crippen molar-refractivity contribution in [1.29, 1.82) is 0 Å². The summed E-state index contributed by atoms with van der Waals surface area (Å²) in [7, 11) is 0. The maximum atomic E-state index is 5.84. The lowest BCUT2D eigenvalue weighted by atomic mass is 10.2. The Morgan fingerprint density at radius 2 is 0.639 bits per heavy atom. The van der Waals surface area contributed by atoms with E-state index in [4.69, 9.17) is 30.4 Å². The van der Waals surface area contributed by atoms with E-state index in [9.17, 15) is 0 Å². The Labute approximate surface area is 212 Å². The first-order chi connectivity index (χ1) is 17.6. The molecule has 0 amide bonds. The van der Waals surface area contributed by atoms with E-state index in [1.807, 2.05) is 97.1 Å². The van der Waals surface area contributed by atoms with Crippen LogP contribution in [0, 0.1) is 0 Å². The van der Waals surface area contributed by atoms with Crippen LogP contribution >= 0.6 is 0 Å². The number of nitrogens with two attached hydrogens (primary N) is 2. The number of unbranched alkanes of at least 4 members (excludes halogenated alkanes) is 3. The molecule has 0 atom stereocenters. The molecule has 4 aromatic carbocycles. The van der Waals surface area contributed by atoms with Crippen LogP contribution in [0.3, 0.4) is 0 Å². The van der Waals surface area contributed by atoms with Crippen LogP contribution in [0.4, 0.5) is 11.4 Å². The van der Waals surface area contributed by atoms with Crippen LogP contribution in [0.25, 0.3) is 0 Å². The minimum atomic E-state index is 0.689. The number of rotatable bonds is 13. The van der Waals surface area contributed by atoms with Crippen molar-refractivity contribution in [2.75, 3.05) is 24.7 Å². The minimum absolute atomic E-state index is 0.689. The van der Waals surface area contributed by atoms with Crippen molar-refractivity contribution in [3.8, 4) is 34.5 Å². The third-order valence-corrected chi connectivity index (χ3v) is 5.46. The molecule has 0 saturated carbocycles. The van der Waals surface area contributed by atoms with Crippen molar-refractivity contribution >= 4 is 11.4 Å². The molecule has 0 bridgehead atoms. The van der Waals surface area contributed by atoms with E-state index in [1.165, 1.54) is 0 Å². The van der Waals surface area contributed by atoms with E-state index in [0.29, 0.717) is 24.6 Å². The summed E-state index contributed by atoms with van der Waals surface area (Å²) in [6.07, 6.45) is 4.19. The molecule has 0 aliphatic heterocycles. The minimum Gasteiger partial charge on any atom is -0.494 e. The van der Waals surface area contributed by atoms with Gasteiger partial charge in [-0.1, -0.05) is 0 Å². The molecular weight excluding hydrogens is 452 g/mol. The van der Waals surface area contributed by atoms with Gasteiger partial charge in [-0.2, -0.15) is 0 Å². The van der Waals surface area contributed by atoms with Crippen LogP contribution in [0.5, 0.6) is 34.5 Å². The average Bonchev–Trinajstić information content (AvgIpc) is 2.90. The normalized spacial score (nSPS) is 10.6. The standard InChI is InChI=1S/C30H32N2O4/c31-23-5-9-27(10-6-23)35-29-17-13-25(14-18-29)33-21-3-1-2-4-22-34-26-15-19-30(20-16-26)36-28-11-7-24(32)8-12-28/h5-20H,1-4,21-22,31-32H2. The molecule has 0 aliphatic carbocycles. The van der Waals surface area contributed by atoms with Gasteiger partial charge in [-0.25, -0.2) is 0 Å². The summed E-state index contributed by atoms with van der Waals surface area (Å²) >= 11 is 0. The quantitative estimate of drug-likeness (QED) is 0.151. The number of nitrogen functional groups attached to an aromatic ring is 2. The SMILES string of the molecule is Nc1ccc(Oc2ccc(OCCCCCCOc3ccc(Oc4ccc(N)cc4)cc3)cc2)cc1. The van der Waals surface area contributed by atoms with Crippen molar-refractivity contribution < 1.29 is 18.9 Å². The second kappa shape index (κ2) is 13.0. The maximum Gasteiger partial charge on any atom is 0.127 e. The van der Waals surface area contributed by atoms with E-state index >= 15 is 0 Å². The Hall–Kier alpha value is -4.32. The lowest BCUT2D eigenvalue weighted by molar-refractivity contribution is 0.287. The van der Waals surface area contributed by atoms with Gasteiger partial charge in [0.05, 0.1) is 13.2 Å². The molecule has 4 N–H and O–H groups in total. The number of hydrogen-bond donors (Lipinski definition) is 2. The number of ether oxygens (including phenoxy) is 4. The van der Waals surface area contributed by atoms with Crippen LogP contribution in [0.1, 0.15) is 25.7 Å². The van der Waals surface area contributed by atoms with E-state index in [-0.39, 0.29) is 0 Å². The van der Waals surface area contributed by atoms with Crippen LogP contribution < -0.4 is 30.4 Å². The number of benzene rings is 4. The van der Waals surface area contributed by atoms with Crippen LogP contribution in [-0.4, -0.2) is 13.2 Å². The van der Waals surface area contributed by atoms with E-state index < -0.39 is 0 Å². The van der Waals surface area contributed by atoms with E-state index in [1.54, 1.807) is 0 Å². The number of hydrogen-bond acceptors (Lipinski definition) is 6. The summed E-state index contributed by atoms with van der Waals surface area (Å²) in [6, 6.07) is 30.0.